The molecule has 1 amide bonds. The zero-order valence-electron chi connectivity index (χ0n) is 13.2. The van der Waals surface area contributed by atoms with Crippen LogP contribution in [0.5, 0.6) is 5.75 Å². The Morgan fingerprint density at radius 1 is 1.20 bits per heavy atom. The molecule has 25 heavy (non-hydrogen) atoms. The lowest BCUT2D eigenvalue weighted by atomic mass is 10.1. The van der Waals surface area contributed by atoms with E-state index in [2.05, 4.69) is 10.5 Å². The molecule has 0 radical (unpaired) electrons. The summed E-state index contributed by atoms with van der Waals surface area (Å²) < 4.78 is 14.1. The average molecular weight is 339 g/mol. The van der Waals surface area contributed by atoms with E-state index in [1.807, 2.05) is 0 Å². The lowest BCUT2D eigenvalue weighted by Gasteiger charge is -2.10. The minimum absolute atomic E-state index is 0.384. The number of rotatable bonds is 3. The van der Waals surface area contributed by atoms with E-state index >= 15 is 0 Å². The van der Waals surface area contributed by atoms with E-state index in [9.17, 15) is 19.1 Å². The molecule has 0 aliphatic heterocycles. The zero-order valence-corrected chi connectivity index (χ0v) is 13.2. The van der Waals surface area contributed by atoms with Gasteiger partial charge in [-0.1, -0.05) is 24.3 Å². The summed E-state index contributed by atoms with van der Waals surface area (Å²) >= 11 is 0. The SMILES string of the molecule is Cn1c(=O)c(C(=O)N/N=C/c2ccc(F)cc2)c(O)c2ccccc21. The first-order chi connectivity index (χ1) is 12.0. The van der Waals surface area contributed by atoms with Crippen LogP contribution < -0.4 is 11.0 Å². The first kappa shape index (κ1) is 16.4. The number of carbonyl (C=O) groups is 1. The molecule has 2 aromatic carbocycles. The minimum Gasteiger partial charge on any atom is -0.506 e. The van der Waals surface area contributed by atoms with Crippen LogP contribution in [-0.2, 0) is 7.05 Å². The number of amides is 1. The number of aryl methyl sites for hydroxylation is 1. The number of aromatic nitrogens is 1. The molecule has 3 aromatic rings. The highest BCUT2D eigenvalue weighted by atomic mass is 19.1. The van der Waals surface area contributed by atoms with Crippen LogP contribution in [-0.4, -0.2) is 21.8 Å². The van der Waals surface area contributed by atoms with E-state index in [-0.39, 0.29) is 5.82 Å². The summed E-state index contributed by atoms with van der Waals surface area (Å²) in [5.41, 5.74) is 2.25. The fourth-order valence-electron chi connectivity index (χ4n) is 2.45. The summed E-state index contributed by atoms with van der Waals surface area (Å²) in [6, 6.07) is 12.2. The van der Waals surface area contributed by atoms with Gasteiger partial charge in [0.25, 0.3) is 11.5 Å². The quantitative estimate of drug-likeness (QED) is 0.566. The first-order valence-electron chi connectivity index (χ1n) is 7.38. The minimum atomic E-state index is -0.831. The third-order valence-electron chi connectivity index (χ3n) is 3.75. The van der Waals surface area contributed by atoms with Crippen LogP contribution in [0.1, 0.15) is 15.9 Å². The van der Waals surface area contributed by atoms with Gasteiger partial charge in [-0.2, -0.15) is 5.10 Å². The van der Waals surface area contributed by atoms with Crippen LogP contribution in [0.4, 0.5) is 4.39 Å². The maximum atomic E-state index is 12.8. The van der Waals surface area contributed by atoms with Crippen molar-refractivity contribution in [1.29, 1.82) is 0 Å². The van der Waals surface area contributed by atoms with Gasteiger partial charge in [-0.15, -0.1) is 0 Å². The molecule has 0 atom stereocenters. The van der Waals surface area contributed by atoms with E-state index in [1.165, 1.54) is 42.1 Å². The molecule has 1 heterocycles. The number of aromatic hydroxyl groups is 1. The van der Waals surface area contributed by atoms with Gasteiger partial charge in [-0.3, -0.25) is 9.59 Å². The monoisotopic (exact) mass is 339 g/mol. The lowest BCUT2D eigenvalue weighted by Crippen LogP contribution is -2.30. The number of benzene rings is 2. The molecule has 7 heteroatoms. The molecule has 0 aliphatic carbocycles. The van der Waals surface area contributed by atoms with Crippen molar-refractivity contribution in [3.8, 4) is 5.75 Å². The number of nitrogens with one attached hydrogen (secondary N) is 1. The number of para-hydroxylation sites is 1. The van der Waals surface area contributed by atoms with Crippen LogP contribution >= 0.6 is 0 Å². The number of carbonyl (C=O) groups excluding carboxylic acids is 1. The number of hydrogen-bond acceptors (Lipinski definition) is 4. The van der Waals surface area contributed by atoms with Crippen molar-refractivity contribution in [2.45, 2.75) is 0 Å². The second-order valence-corrected chi connectivity index (χ2v) is 5.36. The molecular weight excluding hydrogens is 325 g/mol. The number of halogens is 1. The van der Waals surface area contributed by atoms with Gasteiger partial charge in [-0.25, -0.2) is 9.82 Å². The molecule has 0 spiro atoms. The van der Waals surface area contributed by atoms with Crippen molar-refractivity contribution in [3.63, 3.8) is 0 Å². The summed E-state index contributed by atoms with van der Waals surface area (Å²) in [5, 5.41) is 14.4. The molecule has 0 bridgehead atoms. The van der Waals surface area contributed by atoms with Crippen molar-refractivity contribution in [2.75, 3.05) is 0 Å². The fraction of sp³-hybridized carbons (Fsp3) is 0.0556. The molecule has 6 nitrogen and oxygen atoms in total. The average Bonchev–Trinajstić information content (AvgIpc) is 2.62. The summed E-state index contributed by atoms with van der Waals surface area (Å²) in [4.78, 5) is 24.6. The first-order valence-corrected chi connectivity index (χ1v) is 7.38. The highest BCUT2D eigenvalue weighted by Gasteiger charge is 2.20. The summed E-state index contributed by atoms with van der Waals surface area (Å²) in [6.07, 6.45) is 1.31. The molecule has 1 aromatic heterocycles. The zero-order chi connectivity index (χ0) is 18.0. The van der Waals surface area contributed by atoms with Crippen LogP contribution in [0, 0.1) is 5.82 Å². The largest absolute Gasteiger partial charge is 0.506 e. The predicted molar refractivity (Wildman–Crippen MR) is 92.3 cm³/mol. The Labute approximate surface area is 141 Å². The second kappa shape index (κ2) is 6.56. The van der Waals surface area contributed by atoms with Gasteiger partial charge >= 0.3 is 0 Å². The van der Waals surface area contributed by atoms with Gasteiger partial charge in [0.1, 0.15) is 17.1 Å². The highest BCUT2D eigenvalue weighted by Crippen LogP contribution is 2.25. The van der Waals surface area contributed by atoms with Crippen LogP contribution in [0.15, 0.2) is 58.4 Å². The van der Waals surface area contributed by atoms with Gasteiger partial charge in [0.15, 0.2) is 0 Å². The lowest BCUT2D eigenvalue weighted by molar-refractivity contribution is 0.0950. The summed E-state index contributed by atoms with van der Waals surface area (Å²) in [5.74, 6) is -1.61. The Kier molecular flexibility index (Phi) is 4.30. The predicted octanol–water partition coefficient (Wildman–Crippen LogP) is 2.15. The number of hydrogen-bond donors (Lipinski definition) is 2. The molecule has 0 saturated carbocycles. The Morgan fingerprint density at radius 2 is 1.88 bits per heavy atom. The molecule has 0 unspecified atom stereocenters. The van der Waals surface area contributed by atoms with Gasteiger partial charge in [0, 0.05) is 12.4 Å². The Balaban J connectivity index is 1.92. The summed E-state index contributed by atoms with van der Waals surface area (Å²) in [7, 11) is 1.52. The van der Waals surface area contributed by atoms with E-state index < -0.39 is 22.8 Å². The van der Waals surface area contributed by atoms with E-state index in [1.54, 1.807) is 24.3 Å². The molecule has 0 aliphatic rings. The van der Waals surface area contributed by atoms with Crippen molar-refractivity contribution in [1.82, 2.24) is 9.99 Å². The van der Waals surface area contributed by atoms with Gasteiger partial charge in [-0.05, 0) is 29.8 Å². The van der Waals surface area contributed by atoms with Crippen LogP contribution in [0.25, 0.3) is 10.9 Å². The third-order valence-corrected chi connectivity index (χ3v) is 3.75. The molecular formula is C18H14FN3O3. The molecule has 0 fully saturated rings. The van der Waals surface area contributed by atoms with Gasteiger partial charge in [0.2, 0.25) is 0 Å². The number of nitrogens with zero attached hydrogens (tertiary/aromatic N) is 2. The van der Waals surface area contributed by atoms with E-state index in [4.69, 9.17) is 0 Å². The Hall–Kier alpha value is -3.48. The summed E-state index contributed by atoms with van der Waals surface area (Å²) in [6.45, 7) is 0. The smallest absolute Gasteiger partial charge is 0.280 e. The van der Waals surface area contributed by atoms with Gasteiger partial charge in [0.05, 0.1) is 11.7 Å². The Bertz CT molecular complexity index is 1040. The highest BCUT2D eigenvalue weighted by molar-refractivity contribution is 6.02. The van der Waals surface area contributed by atoms with Crippen molar-refractivity contribution < 1.29 is 14.3 Å². The third kappa shape index (κ3) is 3.12. The second-order valence-electron chi connectivity index (χ2n) is 5.36. The van der Waals surface area contributed by atoms with E-state index in [0.29, 0.717) is 16.5 Å². The normalized spacial score (nSPS) is 11.1. The maximum absolute atomic E-state index is 12.8. The molecule has 3 rings (SSSR count). The number of fused-ring (bicyclic) bond motifs is 1. The molecule has 2 N–H and O–H groups in total. The Morgan fingerprint density at radius 3 is 2.60 bits per heavy atom. The molecule has 126 valence electrons. The van der Waals surface area contributed by atoms with Crippen molar-refractivity contribution >= 4 is 23.0 Å². The van der Waals surface area contributed by atoms with Crippen molar-refractivity contribution in [3.05, 3.63) is 75.8 Å². The standard InChI is InChI=1S/C18H14FN3O3/c1-22-14-5-3-2-4-13(14)16(23)15(18(22)25)17(24)21-20-10-11-6-8-12(19)9-7-11/h2-10,23H,1H3,(H,21,24)/b20-10+. The van der Waals surface area contributed by atoms with Crippen LogP contribution in [0.3, 0.4) is 0 Å². The topological polar surface area (TPSA) is 83.7 Å². The fourth-order valence-corrected chi connectivity index (χ4v) is 2.45. The number of pyridine rings is 1. The van der Waals surface area contributed by atoms with Crippen LogP contribution in [0.2, 0.25) is 0 Å². The number of hydrazone groups is 1. The maximum Gasteiger partial charge on any atom is 0.280 e. The molecule has 0 saturated heterocycles. The van der Waals surface area contributed by atoms with Crippen molar-refractivity contribution in [2.24, 2.45) is 12.1 Å². The van der Waals surface area contributed by atoms with Gasteiger partial charge < -0.3 is 9.67 Å². The van der Waals surface area contributed by atoms with E-state index in [0.717, 1.165) is 0 Å².